The highest BCUT2D eigenvalue weighted by molar-refractivity contribution is 7.99. The Bertz CT molecular complexity index is 700. The standard InChI is InChI=1S/C18H18O2S/c1-12-10-13-11-16(8-9-17(13)20-18(12,2)3)21-15-6-4-14(19)5-7-15/h4-11,19H,1-3H3. The second kappa shape index (κ2) is 5.15. The van der Waals surface area contributed by atoms with Gasteiger partial charge in [0.2, 0.25) is 0 Å². The Morgan fingerprint density at radius 3 is 2.38 bits per heavy atom. The van der Waals surface area contributed by atoms with Gasteiger partial charge in [-0.05, 0) is 74.9 Å². The number of phenolic OH excluding ortho intramolecular Hbond substituents is 1. The molecule has 0 saturated heterocycles. The molecule has 21 heavy (non-hydrogen) atoms. The first-order valence-electron chi connectivity index (χ1n) is 6.93. The van der Waals surface area contributed by atoms with E-state index in [-0.39, 0.29) is 5.60 Å². The molecule has 1 heterocycles. The van der Waals surface area contributed by atoms with Crippen LogP contribution in [0.25, 0.3) is 6.08 Å². The molecule has 2 aromatic rings. The minimum atomic E-state index is -0.237. The van der Waals surface area contributed by atoms with Crippen LogP contribution >= 0.6 is 11.8 Å². The first kappa shape index (κ1) is 14.1. The number of ether oxygens (including phenoxy) is 1. The van der Waals surface area contributed by atoms with Crippen molar-refractivity contribution in [1.29, 1.82) is 0 Å². The minimum Gasteiger partial charge on any atom is -0.508 e. The average molecular weight is 298 g/mol. The van der Waals surface area contributed by atoms with Crippen LogP contribution in [0.2, 0.25) is 0 Å². The first-order chi connectivity index (χ1) is 9.94. The molecule has 0 bridgehead atoms. The first-order valence-corrected chi connectivity index (χ1v) is 7.74. The van der Waals surface area contributed by atoms with Crippen LogP contribution in [0.15, 0.2) is 57.8 Å². The lowest BCUT2D eigenvalue weighted by Crippen LogP contribution is -2.31. The van der Waals surface area contributed by atoms with Crippen molar-refractivity contribution in [3.05, 3.63) is 53.6 Å². The molecule has 0 spiro atoms. The maximum atomic E-state index is 9.33. The van der Waals surface area contributed by atoms with Crippen molar-refractivity contribution in [2.24, 2.45) is 0 Å². The van der Waals surface area contributed by atoms with Gasteiger partial charge in [0, 0.05) is 15.4 Å². The van der Waals surface area contributed by atoms with Gasteiger partial charge >= 0.3 is 0 Å². The van der Waals surface area contributed by atoms with Gasteiger partial charge in [-0.25, -0.2) is 0 Å². The zero-order valence-corrected chi connectivity index (χ0v) is 13.2. The van der Waals surface area contributed by atoms with E-state index in [1.807, 2.05) is 18.2 Å². The number of hydrogen-bond acceptors (Lipinski definition) is 3. The van der Waals surface area contributed by atoms with Crippen molar-refractivity contribution in [2.45, 2.75) is 36.2 Å². The number of hydrogen-bond donors (Lipinski definition) is 1. The van der Waals surface area contributed by atoms with Gasteiger partial charge in [0.1, 0.15) is 17.1 Å². The fourth-order valence-corrected chi connectivity index (χ4v) is 3.07. The zero-order valence-electron chi connectivity index (χ0n) is 12.4. The van der Waals surface area contributed by atoms with E-state index in [9.17, 15) is 5.11 Å². The van der Waals surface area contributed by atoms with Crippen molar-refractivity contribution >= 4 is 17.8 Å². The normalized spacial score (nSPS) is 15.9. The third-order valence-corrected chi connectivity index (χ3v) is 4.74. The van der Waals surface area contributed by atoms with Gasteiger partial charge in [-0.3, -0.25) is 0 Å². The van der Waals surface area contributed by atoms with Crippen LogP contribution in [0.1, 0.15) is 26.3 Å². The van der Waals surface area contributed by atoms with Crippen molar-refractivity contribution in [1.82, 2.24) is 0 Å². The van der Waals surface area contributed by atoms with E-state index in [0.717, 1.165) is 21.1 Å². The summed E-state index contributed by atoms with van der Waals surface area (Å²) in [6, 6.07) is 13.5. The van der Waals surface area contributed by atoms with E-state index < -0.39 is 0 Å². The molecule has 1 N–H and O–H groups in total. The predicted octanol–water partition coefficient (Wildman–Crippen LogP) is 5.12. The topological polar surface area (TPSA) is 29.5 Å². The third kappa shape index (κ3) is 2.93. The summed E-state index contributed by atoms with van der Waals surface area (Å²) in [5, 5.41) is 9.33. The maximum absolute atomic E-state index is 9.33. The molecule has 108 valence electrons. The van der Waals surface area contributed by atoms with Gasteiger partial charge in [0.05, 0.1) is 0 Å². The number of aromatic hydroxyl groups is 1. The highest BCUT2D eigenvalue weighted by Crippen LogP contribution is 2.38. The molecule has 1 aliphatic rings. The zero-order chi connectivity index (χ0) is 15.0. The smallest absolute Gasteiger partial charge is 0.127 e. The van der Waals surface area contributed by atoms with Gasteiger partial charge < -0.3 is 9.84 Å². The van der Waals surface area contributed by atoms with E-state index in [2.05, 4.69) is 39.0 Å². The van der Waals surface area contributed by atoms with Crippen LogP contribution in [-0.2, 0) is 0 Å². The molecule has 0 aliphatic carbocycles. The van der Waals surface area contributed by atoms with Gasteiger partial charge in [0.15, 0.2) is 0 Å². The van der Waals surface area contributed by atoms with Crippen molar-refractivity contribution in [2.75, 3.05) is 0 Å². The van der Waals surface area contributed by atoms with E-state index in [1.165, 1.54) is 5.57 Å². The van der Waals surface area contributed by atoms with Gasteiger partial charge in [-0.1, -0.05) is 11.8 Å². The lowest BCUT2D eigenvalue weighted by molar-refractivity contribution is 0.145. The molecule has 0 fully saturated rings. The SMILES string of the molecule is CC1=Cc2cc(Sc3ccc(O)cc3)ccc2OC1(C)C. The van der Waals surface area contributed by atoms with Crippen LogP contribution in [0, 0.1) is 0 Å². The van der Waals surface area contributed by atoms with Gasteiger partial charge in [-0.15, -0.1) is 0 Å². The fourth-order valence-electron chi connectivity index (χ4n) is 2.21. The molecule has 0 radical (unpaired) electrons. The third-order valence-electron chi connectivity index (χ3n) is 3.74. The summed E-state index contributed by atoms with van der Waals surface area (Å²) < 4.78 is 6.04. The maximum Gasteiger partial charge on any atom is 0.127 e. The largest absolute Gasteiger partial charge is 0.508 e. The number of fused-ring (bicyclic) bond motifs is 1. The molecule has 1 aliphatic heterocycles. The molecular weight excluding hydrogens is 280 g/mol. The van der Waals surface area contributed by atoms with Crippen LogP contribution in [0.4, 0.5) is 0 Å². The Hall–Kier alpha value is -1.87. The number of rotatable bonds is 2. The second-order valence-electron chi connectivity index (χ2n) is 5.74. The molecule has 3 heteroatoms. The second-order valence-corrected chi connectivity index (χ2v) is 6.88. The summed E-state index contributed by atoms with van der Waals surface area (Å²) in [5.74, 6) is 1.22. The molecule has 0 amide bonds. The van der Waals surface area contributed by atoms with E-state index >= 15 is 0 Å². The van der Waals surface area contributed by atoms with E-state index in [4.69, 9.17) is 4.74 Å². The van der Waals surface area contributed by atoms with Crippen molar-refractivity contribution in [3.8, 4) is 11.5 Å². The lowest BCUT2D eigenvalue weighted by Gasteiger charge is -2.32. The highest BCUT2D eigenvalue weighted by atomic mass is 32.2. The summed E-state index contributed by atoms with van der Waals surface area (Å²) in [4.78, 5) is 2.26. The molecule has 0 unspecified atom stereocenters. The quantitative estimate of drug-likeness (QED) is 0.834. The van der Waals surface area contributed by atoms with Gasteiger partial charge in [-0.2, -0.15) is 0 Å². The van der Waals surface area contributed by atoms with Crippen LogP contribution in [0.3, 0.4) is 0 Å². The monoisotopic (exact) mass is 298 g/mol. The van der Waals surface area contributed by atoms with Crippen LogP contribution in [0.5, 0.6) is 11.5 Å². The predicted molar refractivity (Wildman–Crippen MR) is 87.0 cm³/mol. The molecule has 2 nitrogen and oxygen atoms in total. The van der Waals surface area contributed by atoms with E-state index in [0.29, 0.717) is 5.75 Å². The lowest BCUT2D eigenvalue weighted by atomic mass is 9.94. The molecule has 0 atom stereocenters. The summed E-state index contributed by atoms with van der Waals surface area (Å²) in [6.45, 7) is 6.27. The number of benzene rings is 2. The Morgan fingerprint density at radius 2 is 1.67 bits per heavy atom. The minimum absolute atomic E-state index is 0.237. The van der Waals surface area contributed by atoms with Crippen molar-refractivity contribution < 1.29 is 9.84 Å². The van der Waals surface area contributed by atoms with E-state index in [1.54, 1.807) is 23.9 Å². The molecular formula is C18H18O2S. The molecule has 3 rings (SSSR count). The Labute approximate surface area is 129 Å². The summed E-state index contributed by atoms with van der Waals surface area (Å²) in [7, 11) is 0. The fraction of sp³-hybridized carbons (Fsp3) is 0.222. The number of phenols is 1. The Morgan fingerprint density at radius 1 is 1.00 bits per heavy atom. The molecule has 0 saturated carbocycles. The average Bonchev–Trinajstić information content (AvgIpc) is 2.43. The summed E-state index contributed by atoms with van der Waals surface area (Å²) in [5.41, 5.74) is 2.11. The van der Waals surface area contributed by atoms with Crippen LogP contribution < -0.4 is 4.74 Å². The van der Waals surface area contributed by atoms with Crippen molar-refractivity contribution in [3.63, 3.8) is 0 Å². The van der Waals surface area contributed by atoms with Crippen LogP contribution in [-0.4, -0.2) is 10.7 Å². The van der Waals surface area contributed by atoms with Gasteiger partial charge in [0.25, 0.3) is 0 Å². The molecule has 2 aromatic carbocycles. The Kier molecular flexibility index (Phi) is 3.46. The summed E-state index contributed by atoms with van der Waals surface area (Å²) >= 11 is 1.67. The summed E-state index contributed by atoms with van der Waals surface area (Å²) in [6.07, 6.45) is 2.19. The highest BCUT2D eigenvalue weighted by Gasteiger charge is 2.27. The molecule has 0 aromatic heterocycles. The Balaban J connectivity index is 1.89.